The number of carbonyl (C=O) groups is 2. The van der Waals surface area contributed by atoms with Crippen LogP contribution in [-0.4, -0.2) is 35.9 Å². The molecule has 1 aliphatic heterocycles. The highest BCUT2D eigenvalue weighted by Gasteiger charge is 2.66. The van der Waals surface area contributed by atoms with Gasteiger partial charge in [0.05, 0.1) is 17.2 Å². The Morgan fingerprint density at radius 3 is 2.43 bits per heavy atom. The molecule has 3 N–H and O–H groups in total. The van der Waals surface area contributed by atoms with Gasteiger partial charge in [0, 0.05) is 11.1 Å². The van der Waals surface area contributed by atoms with Crippen molar-refractivity contribution in [2.75, 3.05) is 7.11 Å². The summed E-state index contributed by atoms with van der Waals surface area (Å²) < 4.78 is 52.9. The Morgan fingerprint density at radius 2 is 1.80 bits per heavy atom. The van der Waals surface area contributed by atoms with Gasteiger partial charge in [-0.3, -0.25) is 4.79 Å². The number of amides is 2. The van der Waals surface area contributed by atoms with Gasteiger partial charge >= 0.3 is 12.2 Å². The molecule has 184 valence electrons. The van der Waals surface area contributed by atoms with E-state index in [0.717, 1.165) is 0 Å². The van der Waals surface area contributed by atoms with Crippen LogP contribution in [0.5, 0.6) is 5.75 Å². The second-order valence-electron chi connectivity index (χ2n) is 7.71. The fourth-order valence-electron chi connectivity index (χ4n) is 3.87. The summed E-state index contributed by atoms with van der Waals surface area (Å²) in [6.45, 7) is 0. The number of halogens is 5. The van der Waals surface area contributed by atoms with Crippen LogP contribution < -0.4 is 15.4 Å². The summed E-state index contributed by atoms with van der Waals surface area (Å²) >= 11 is 12.2. The Labute approximate surface area is 206 Å². The van der Waals surface area contributed by atoms with E-state index in [1.807, 2.05) is 0 Å². The summed E-state index contributed by atoms with van der Waals surface area (Å²) in [4.78, 5) is 25.5. The first kappa shape index (κ1) is 24.9. The minimum Gasteiger partial charge on any atom is -0.497 e. The number of hydrogen-bond donors (Lipinski definition) is 3. The minimum atomic E-state index is -5.40. The van der Waals surface area contributed by atoms with Crippen molar-refractivity contribution in [3.8, 4) is 17.1 Å². The van der Waals surface area contributed by atoms with Crippen LogP contribution in [0.1, 0.15) is 22.2 Å². The number of furan rings is 1. The Kier molecular flexibility index (Phi) is 6.48. The zero-order chi connectivity index (χ0) is 25.5. The van der Waals surface area contributed by atoms with Crippen molar-refractivity contribution >= 4 is 35.0 Å². The van der Waals surface area contributed by atoms with Crippen LogP contribution in [0.15, 0.2) is 59.0 Å². The van der Waals surface area contributed by atoms with Crippen molar-refractivity contribution in [2.24, 2.45) is 5.92 Å². The van der Waals surface area contributed by atoms with Crippen molar-refractivity contribution in [2.45, 2.75) is 17.9 Å². The van der Waals surface area contributed by atoms with Crippen LogP contribution >= 0.6 is 23.2 Å². The lowest BCUT2D eigenvalue weighted by atomic mass is 9.79. The molecule has 0 bridgehead atoms. The second kappa shape index (κ2) is 9.10. The van der Waals surface area contributed by atoms with Crippen molar-refractivity contribution in [1.29, 1.82) is 0 Å². The molecular formula is C23H17Cl2F3N2O5. The molecule has 0 saturated carbocycles. The van der Waals surface area contributed by atoms with Crippen molar-refractivity contribution in [3.63, 3.8) is 0 Å². The monoisotopic (exact) mass is 528 g/mol. The average molecular weight is 529 g/mol. The summed E-state index contributed by atoms with van der Waals surface area (Å²) in [6.07, 6.45) is -5.40. The maximum atomic E-state index is 14.1. The zero-order valence-electron chi connectivity index (χ0n) is 17.8. The molecule has 3 aromatic rings. The number of Topliss-reactive ketones (excluding diaryl/α,β-unsaturated/α-hetero) is 1. The highest BCUT2D eigenvalue weighted by atomic mass is 35.5. The zero-order valence-corrected chi connectivity index (χ0v) is 19.3. The second-order valence-corrected chi connectivity index (χ2v) is 8.50. The van der Waals surface area contributed by atoms with Gasteiger partial charge < -0.3 is 24.9 Å². The van der Waals surface area contributed by atoms with E-state index in [0.29, 0.717) is 11.3 Å². The van der Waals surface area contributed by atoms with E-state index < -0.39 is 35.7 Å². The molecule has 35 heavy (non-hydrogen) atoms. The van der Waals surface area contributed by atoms with Gasteiger partial charge in [0.25, 0.3) is 0 Å². The standard InChI is InChI=1S/C23H17Cl2F3N2O5/c1-34-12-7-5-11(6-8-12)20(31)17-19(29-21(32)30-22(17,33)23(26,27)28)16-10-9-15(35-16)13-3-2-4-14(24)18(13)25/h2-10,17,19,33H,1H3,(H2,29,30,32)/t17-,19-,22+/m0/s1. The average Bonchev–Trinajstić information content (AvgIpc) is 3.29. The number of hydrogen-bond acceptors (Lipinski definition) is 5. The molecule has 4 rings (SSSR count). The van der Waals surface area contributed by atoms with Gasteiger partial charge in [-0.2, -0.15) is 13.2 Å². The van der Waals surface area contributed by atoms with Crippen molar-refractivity contribution in [3.05, 3.63) is 76.0 Å². The topological polar surface area (TPSA) is 101 Å². The number of aliphatic hydroxyl groups is 1. The lowest BCUT2D eigenvalue weighted by Gasteiger charge is -2.44. The van der Waals surface area contributed by atoms with Crippen molar-refractivity contribution < 1.29 is 37.0 Å². The van der Waals surface area contributed by atoms with Gasteiger partial charge in [0.1, 0.15) is 29.2 Å². The molecule has 7 nitrogen and oxygen atoms in total. The predicted octanol–water partition coefficient (Wildman–Crippen LogP) is 5.37. The number of nitrogens with one attached hydrogen (secondary N) is 2. The van der Waals surface area contributed by atoms with E-state index in [1.165, 1.54) is 54.9 Å². The van der Waals surface area contributed by atoms with Crippen LogP contribution in [0.2, 0.25) is 10.0 Å². The summed E-state index contributed by atoms with van der Waals surface area (Å²) in [5.74, 6) is -3.05. The molecular weight excluding hydrogens is 512 g/mol. The van der Waals surface area contributed by atoms with Gasteiger partial charge in [0.2, 0.25) is 5.72 Å². The molecule has 1 aromatic heterocycles. The lowest BCUT2D eigenvalue weighted by molar-refractivity contribution is -0.288. The molecule has 0 spiro atoms. The molecule has 1 fully saturated rings. The van der Waals surface area contributed by atoms with E-state index >= 15 is 0 Å². The SMILES string of the molecule is COc1ccc(C(=O)[C@@H]2[C@H](c3ccc(-c4cccc(Cl)c4Cl)o3)NC(=O)N[C@]2(O)C(F)(F)F)cc1. The van der Waals surface area contributed by atoms with E-state index in [1.54, 1.807) is 12.1 Å². The maximum Gasteiger partial charge on any atom is 0.437 e. The number of benzene rings is 2. The molecule has 0 radical (unpaired) electrons. The first-order valence-corrected chi connectivity index (χ1v) is 10.8. The fourth-order valence-corrected chi connectivity index (χ4v) is 4.26. The van der Waals surface area contributed by atoms with Gasteiger partial charge in [-0.05, 0) is 48.5 Å². The summed E-state index contributed by atoms with van der Waals surface area (Å²) in [5, 5.41) is 14.8. The maximum absolute atomic E-state index is 14.1. The molecule has 2 aromatic carbocycles. The number of methoxy groups -OCH3 is 1. The third-order valence-corrected chi connectivity index (χ3v) is 6.43. The number of carbonyl (C=O) groups excluding carboxylic acids is 2. The Morgan fingerprint density at radius 1 is 1.11 bits per heavy atom. The van der Waals surface area contributed by atoms with Crippen LogP contribution in [0.4, 0.5) is 18.0 Å². The van der Waals surface area contributed by atoms with E-state index in [4.69, 9.17) is 32.4 Å². The third-order valence-electron chi connectivity index (χ3n) is 5.61. The molecule has 0 unspecified atom stereocenters. The molecule has 1 saturated heterocycles. The lowest BCUT2D eigenvalue weighted by Crippen LogP contribution is -2.72. The van der Waals surface area contributed by atoms with E-state index in [9.17, 15) is 27.9 Å². The number of ether oxygens (including phenoxy) is 1. The Hall–Kier alpha value is -3.21. The quantitative estimate of drug-likeness (QED) is 0.386. The van der Waals surface area contributed by atoms with E-state index in [-0.39, 0.29) is 27.1 Å². The van der Waals surface area contributed by atoms with Gasteiger partial charge in [0.15, 0.2) is 5.78 Å². The molecule has 1 aliphatic rings. The third kappa shape index (κ3) is 4.44. The number of rotatable bonds is 5. The number of urea groups is 1. The van der Waals surface area contributed by atoms with Crippen LogP contribution in [0.25, 0.3) is 11.3 Å². The summed E-state index contributed by atoms with van der Waals surface area (Å²) in [6, 6.07) is 9.65. The molecule has 2 amide bonds. The van der Waals surface area contributed by atoms with Gasteiger partial charge in [-0.1, -0.05) is 29.3 Å². The molecule has 3 atom stereocenters. The number of alkyl halides is 3. The normalized spacial score (nSPS) is 22.3. The van der Waals surface area contributed by atoms with Crippen molar-refractivity contribution in [1.82, 2.24) is 10.6 Å². The van der Waals surface area contributed by atoms with Crippen LogP contribution in [-0.2, 0) is 0 Å². The minimum absolute atomic E-state index is 0.131. The van der Waals surface area contributed by atoms with Crippen LogP contribution in [0.3, 0.4) is 0 Å². The van der Waals surface area contributed by atoms with Gasteiger partial charge in [-0.25, -0.2) is 4.79 Å². The predicted molar refractivity (Wildman–Crippen MR) is 120 cm³/mol. The summed E-state index contributed by atoms with van der Waals surface area (Å²) in [5.41, 5.74) is -3.70. The fraction of sp³-hybridized carbons (Fsp3) is 0.217. The highest BCUT2D eigenvalue weighted by molar-refractivity contribution is 6.43. The molecule has 2 heterocycles. The van der Waals surface area contributed by atoms with Crippen LogP contribution in [0, 0.1) is 5.92 Å². The smallest absolute Gasteiger partial charge is 0.437 e. The Bertz CT molecular complexity index is 1280. The van der Waals surface area contributed by atoms with Gasteiger partial charge in [-0.15, -0.1) is 0 Å². The molecule has 12 heteroatoms. The first-order valence-electron chi connectivity index (χ1n) is 10.1. The Balaban J connectivity index is 1.82. The largest absolute Gasteiger partial charge is 0.497 e. The molecule has 0 aliphatic carbocycles. The number of ketones is 1. The summed E-state index contributed by atoms with van der Waals surface area (Å²) in [7, 11) is 1.39. The van der Waals surface area contributed by atoms with E-state index in [2.05, 4.69) is 5.32 Å². The first-order chi connectivity index (χ1) is 16.5. The highest BCUT2D eigenvalue weighted by Crippen LogP contribution is 2.45.